The molecular formula is C22H24ClFN2O5S. The third-order valence-electron chi connectivity index (χ3n) is 5.23. The Bertz CT molecular complexity index is 1040. The van der Waals surface area contributed by atoms with Crippen molar-refractivity contribution in [3.63, 3.8) is 0 Å². The molecule has 7 nitrogen and oxygen atoms in total. The quantitative estimate of drug-likeness (QED) is 0.584. The Hall–Kier alpha value is -2.49. The van der Waals surface area contributed by atoms with Gasteiger partial charge in [0.2, 0.25) is 10.0 Å². The highest BCUT2D eigenvalue weighted by molar-refractivity contribution is 7.89. The number of ether oxygens (including phenoxy) is 1. The molecule has 10 heteroatoms. The first kappa shape index (κ1) is 24.2. The van der Waals surface area contributed by atoms with Gasteiger partial charge in [-0.05, 0) is 61.2 Å². The molecule has 32 heavy (non-hydrogen) atoms. The summed E-state index contributed by atoms with van der Waals surface area (Å²) in [5.41, 5.74) is 0.879. The van der Waals surface area contributed by atoms with E-state index in [2.05, 4.69) is 5.32 Å². The van der Waals surface area contributed by atoms with Gasteiger partial charge in [-0.15, -0.1) is 0 Å². The second-order valence-corrected chi connectivity index (χ2v) is 9.84. The monoisotopic (exact) mass is 482 g/mol. The molecule has 1 amide bonds. The lowest BCUT2D eigenvalue weighted by molar-refractivity contribution is -0.153. The van der Waals surface area contributed by atoms with Gasteiger partial charge in [-0.2, -0.15) is 4.31 Å². The summed E-state index contributed by atoms with van der Waals surface area (Å²) >= 11 is 5.81. The lowest BCUT2D eigenvalue weighted by atomic mass is 9.98. The summed E-state index contributed by atoms with van der Waals surface area (Å²) < 4.78 is 44.7. The summed E-state index contributed by atoms with van der Waals surface area (Å²) in [7, 11) is -3.65. The van der Waals surface area contributed by atoms with Gasteiger partial charge in [-0.3, -0.25) is 9.59 Å². The summed E-state index contributed by atoms with van der Waals surface area (Å²) in [5.74, 6) is -1.72. The molecule has 0 aliphatic carbocycles. The molecule has 1 fully saturated rings. The number of hydrogen-bond donors (Lipinski definition) is 1. The van der Waals surface area contributed by atoms with Crippen LogP contribution in [0, 0.1) is 11.7 Å². The molecule has 1 aliphatic heterocycles. The Morgan fingerprint density at radius 2 is 1.69 bits per heavy atom. The summed E-state index contributed by atoms with van der Waals surface area (Å²) in [5, 5.41) is 3.10. The summed E-state index contributed by atoms with van der Waals surface area (Å²) in [6, 6.07) is 11.9. The van der Waals surface area contributed by atoms with Crippen molar-refractivity contribution < 1.29 is 27.1 Å². The van der Waals surface area contributed by atoms with Crippen molar-refractivity contribution in [3.8, 4) is 0 Å². The van der Waals surface area contributed by atoms with Crippen LogP contribution in [0.3, 0.4) is 0 Å². The van der Waals surface area contributed by atoms with Gasteiger partial charge in [0.1, 0.15) is 5.82 Å². The van der Waals surface area contributed by atoms with Crippen LogP contribution in [0.2, 0.25) is 5.02 Å². The molecule has 0 aromatic heterocycles. The average molecular weight is 483 g/mol. The molecule has 0 radical (unpaired) electrons. The predicted octanol–water partition coefficient (Wildman–Crippen LogP) is 2.78. The lowest BCUT2D eigenvalue weighted by Crippen LogP contribution is -2.41. The van der Waals surface area contributed by atoms with Crippen LogP contribution in [-0.2, 0) is 30.8 Å². The summed E-state index contributed by atoms with van der Waals surface area (Å²) in [6.45, 7) is 0.317. The van der Waals surface area contributed by atoms with E-state index in [1.807, 2.05) is 0 Å². The second-order valence-electron chi connectivity index (χ2n) is 7.47. The van der Waals surface area contributed by atoms with Gasteiger partial charge >= 0.3 is 5.97 Å². The number of benzene rings is 2. The fraction of sp³-hybridized carbons (Fsp3) is 0.364. The highest BCUT2D eigenvalue weighted by Gasteiger charge is 2.33. The number of hydrogen-bond acceptors (Lipinski definition) is 5. The molecule has 1 aliphatic rings. The molecule has 2 aromatic carbocycles. The van der Waals surface area contributed by atoms with Crippen LogP contribution in [0.15, 0.2) is 53.4 Å². The number of halogens is 2. The van der Waals surface area contributed by atoms with Crippen LogP contribution >= 0.6 is 11.6 Å². The van der Waals surface area contributed by atoms with E-state index in [1.54, 1.807) is 12.1 Å². The Labute approximate surface area is 191 Å². The molecule has 1 saturated heterocycles. The molecule has 0 saturated carbocycles. The van der Waals surface area contributed by atoms with Crippen molar-refractivity contribution in [1.82, 2.24) is 9.62 Å². The van der Waals surface area contributed by atoms with Crippen LogP contribution in [0.4, 0.5) is 4.39 Å². The molecule has 0 atom stereocenters. The zero-order valence-electron chi connectivity index (χ0n) is 17.3. The minimum Gasteiger partial charge on any atom is -0.455 e. The van der Waals surface area contributed by atoms with E-state index >= 15 is 0 Å². The number of amides is 1. The van der Waals surface area contributed by atoms with Crippen LogP contribution < -0.4 is 5.32 Å². The Balaban J connectivity index is 1.39. The fourth-order valence-corrected chi connectivity index (χ4v) is 4.99. The Kier molecular flexibility index (Phi) is 8.22. The molecule has 0 bridgehead atoms. The van der Waals surface area contributed by atoms with Crippen molar-refractivity contribution >= 4 is 33.5 Å². The number of carbonyl (C=O) groups excluding carboxylic acids is 2. The molecule has 1 heterocycles. The number of sulfonamides is 1. The second kappa shape index (κ2) is 10.9. The van der Waals surface area contributed by atoms with E-state index in [4.69, 9.17) is 16.3 Å². The van der Waals surface area contributed by atoms with Crippen LogP contribution in [0.1, 0.15) is 18.4 Å². The minimum atomic E-state index is -3.65. The van der Waals surface area contributed by atoms with Crippen LogP contribution in [-0.4, -0.2) is 50.8 Å². The lowest BCUT2D eigenvalue weighted by Gasteiger charge is -2.30. The van der Waals surface area contributed by atoms with E-state index in [-0.39, 0.29) is 23.8 Å². The van der Waals surface area contributed by atoms with Crippen molar-refractivity contribution in [1.29, 1.82) is 0 Å². The topological polar surface area (TPSA) is 92.8 Å². The SMILES string of the molecule is O=C(COC(=O)C1CCN(S(=O)(=O)c2ccc(Cl)cc2)CC1)NCCc1ccc(F)cc1. The highest BCUT2D eigenvalue weighted by atomic mass is 35.5. The standard InChI is InChI=1S/C22H24ClFN2O5S/c23-18-3-7-20(8-4-18)32(29,30)26-13-10-17(11-14-26)22(28)31-15-21(27)25-12-9-16-1-5-19(24)6-2-16/h1-8,17H,9-15H2,(H,25,27). The maximum Gasteiger partial charge on any atom is 0.309 e. The molecule has 3 rings (SSSR count). The molecule has 0 unspecified atom stereocenters. The number of carbonyl (C=O) groups is 2. The molecule has 172 valence electrons. The number of nitrogens with one attached hydrogen (secondary N) is 1. The average Bonchev–Trinajstić information content (AvgIpc) is 2.79. The van der Waals surface area contributed by atoms with Crippen LogP contribution in [0.25, 0.3) is 0 Å². The van der Waals surface area contributed by atoms with Crippen molar-refractivity contribution in [2.75, 3.05) is 26.2 Å². The minimum absolute atomic E-state index is 0.153. The van der Waals surface area contributed by atoms with E-state index in [9.17, 15) is 22.4 Å². The van der Waals surface area contributed by atoms with Crippen molar-refractivity contribution in [3.05, 3.63) is 64.9 Å². The predicted molar refractivity (Wildman–Crippen MR) is 117 cm³/mol. The maximum absolute atomic E-state index is 12.9. The van der Waals surface area contributed by atoms with Gasteiger partial charge in [0.05, 0.1) is 10.8 Å². The summed E-state index contributed by atoms with van der Waals surface area (Å²) in [4.78, 5) is 24.3. The molecule has 1 N–H and O–H groups in total. The molecular weight excluding hydrogens is 459 g/mol. The van der Waals surface area contributed by atoms with Gasteiger partial charge in [0, 0.05) is 24.7 Å². The highest BCUT2D eigenvalue weighted by Crippen LogP contribution is 2.25. The van der Waals surface area contributed by atoms with Crippen molar-refractivity contribution in [2.45, 2.75) is 24.2 Å². The Morgan fingerprint density at radius 1 is 1.06 bits per heavy atom. The first-order valence-corrected chi connectivity index (χ1v) is 12.0. The third kappa shape index (κ3) is 6.51. The zero-order chi connectivity index (χ0) is 23.1. The van der Waals surface area contributed by atoms with E-state index in [0.29, 0.717) is 30.8 Å². The normalized spacial score (nSPS) is 15.3. The van der Waals surface area contributed by atoms with Gasteiger partial charge in [-0.1, -0.05) is 23.7 Å². The van der Waals surface area contributed by atoms with Gasteiger partial charge in [0.25, 0.3) is 5.91 Å². The van der Waals surface area contributed by atoms with Crippen molar-refractivity contribution in [2.24, 2.45) is 5.92 Å². The molecule has 0 spiro atoms. The van der Waals surface area contributed by atoms with E-state index in [0.717, 1.165) is 5.56 Å². The maximum atomic E-state index is 12.9. The molecule has 2 aromatic rings. The fourth-order valence-electron chi connectivity index (χ4n) is 3.39. The smallest absolute Gasteiger partial charge is 0.309 e. The van der Waals surface area contributed by atoms with E-state index in [1.165, 1.54) is 40.7 Å². The number of rotatable bonds is 8. The number of piperidine rings is 1. The number of nitrogens with zero attached hydrogens (tertiary/aromatic N) is 1. The zero-order valence-corrected chi connectivity index (χ0v) is 18.9. The van der Waals surface area contributed by atoms with E-state index < -0.39 is 34.4 Å². The first-order valence-electron chi connectivity index (χ1n) is 10.2. The summed E-state index contributed by atoms with van der Waals surface area (Å²) in [6.07, 6.45) is 1.16. The first-order chi connectivity index (χ1) is 15.3. The van der Waals surface area contributed by atoms with Crippen LogP contribution in [0.5, 0.6) is 0 Å². The largest absolute Gasteiger partial charge is 0.455 e. The third-order valence-corrected chi connectivity index (χ3v) is 7.40. The Morgan fingerprint density at radius 3 is 2.31 bits per heavy atom. The van der Waals surface area contributed by atoms with Gasteiger partial charge in [-0.25, -0.2) is 12.8 Å². The van der Waals surface area contributed by atoms with Gasteiger partial charge in [0.15, 0.2) is 6.61 Å². The number of esters is 1. The van der Waals surface area contributed by atoms with Gasteiger partial charge < -0.3 is 10.1 Å².